The van der Waals surface area contributed by atoms with Crippen LogP contribution in [0.3, 0.4) is 0 Å². The zero-order valence-electron chi connectivity index (χ0n) is 7.43. The highest BCUT2D eigenvalue weighted by Gasteiger charge is 2.09. The zero-order chi connectivity index (χ0) is 9.84. The Bertz CT molecular complexity index is 302. The fourth-order valence-electron chi connectivity index (χ4n) is 1.03. The van der Waals surface area contributed by atoms with Gasteiger partial charge in [-0.3, -0.25) is 0 Å². The van der Waals surface area contributed by atoms with E-state index < -0.39 is 5.82 Å². The SMILES string of the molecule is COc1cc(OC)c(CCl)cc1F. The van der Waals surface area contributed by atoms with Crippen molar-refractivity contribution in [2.24, 2.45) is 0 Å². The molecule has 1 rings (SSSR count). The van der Waals surface area contributed by atoms with Crippen molar-refractivity contribution in [2.75, 3.05) is 14.2 Å². The number of halogens is 2. The van der Waals surface area contributed by atoms with Gasteiger partial charge in [-0.05, 0) is 6.07 Å². The van der Waals surface area contributed by atoms with Gasteiger partial charge < -0.3 is 9.47 Å². The summed E-state index contributed by atoms with van der Waals surface area (Å²) in [5, 5.41) is 0. The number of alkyl halides is 1. The summed E-state index contributed by atoms with van der Waals surface area (Å²) in [4.78, 5) is 0. The molecule has 0 saturated heterocycles. The lowest BCUT2D eigenvalue weighted by atomic mass is 10.2. The summed E-state index contributed by atoms with van der Waals surface area (Å²) in [5.74, 6) is 0.474. The van der Waals surface area contributed by atoms with Crippen LogP contribution in [0.1, 0.15) is 5.56 Å². The zero-order valence-corrected chi connectivity index (χ0v) is 8.19. The van der Waals surface area contributed by atoms with Crippen molar-refractivity contribution in [1.82, 2.24) is 0 Å². The third kappa shape index (κ3) is 2.04. The summed E-state index contributed by atoms with van der Waals surface area (Å²) in [5.41, 5.74) is 0.613. The number of ether oxygens (including phenoxy) is 2. The van der Waals surface area contributed by atoms with Crippen molar-refractivity contribution < 1.29 is 13.9 Å². The third-order valence-corrected chi connectivity index (χ3v) is 1.99. The van der Waals surface area contributed by atoms with Crippen molar-refractivity contribution in [1.29, 1.82) is 0 Å². The number of hydrogen-bond acceptors (Lipinski definition) is 2. The predicted molar refractivity (Wildman–Crippen MR) is 49.1 cm³/mol. The molecule has 0 aliphatic heterocycles. The van der Waals surface area contributed by atoms with Crippen molar-refractivity contribution in [2.45, 2.75) is 5.88 Å². The average Bonchev–Trinajstić information content (AvgIpc) is 2.17. The Hall–Kier alpha value is -0.960. The van der Waals surface area contributed by atoms with Gasteiger partial charge in [-0.2, -0.15) is 0 Å². The first-order valence-electron chi connectivity index (χ1n) is 3.69. The lowest BCUT2D eigenvalue weighted by Crippen LogP contribution is -1.94. The lowest BCUT2D eigenvalue weighted by Gasteiger charge is -2.08. The first-order valence-corrected chi connectivity index (χ1v) is 4.22. The molecule has 0 spiro atoms. The molecule has 72 valence electrons. The quantitative estimate of drug-likeness (QED) is 0.705. The number of methoxy groups -OCH3 is 2. The highest BCUT2D eigenvalue weighted by atomic mass is 35.5. The topological polar surface area (TPSA) is 18.5 Å². The van der Waals surface area contributed by atoms with E-state index in [-0.39, 0.29) is 11.6 Å². The molecule has 0 aliphatic rings. The Morgan fingerprint density at radius 1 is 1.23 bits per heavy atom. The van der Waals surface area contributed by atoms with Gasteiger partial charge in [-0.25, -0.2) is 4.39 Å². The molecule has 0 radical (unpaired) electrons. The van der Waals surface area contributed by atoms with Gasteiger partial charge >= 0.3 is 0 Å². The van der Waals surface area contributed by atoms with E-state index in [0.717, 1.165) is 0 Å². The fourth-order valence-corrected chi connectivity index (χ4v) is 1.24. The Balaban J connectivity index is 3.18. The van der Waals surface area contributed by atoms with Gasteiger partial charge in [0.05, 0.1) is 20.1 Å². The van der Waals surface area contributed by atoms with E-state index >= 15 is 0 Å². The van der Waals surface area contributed by atoms with Crippen LogP contribution in [-0.4, -0.2) is 14.2 Å². The number of benzene rings is 1. The molecule has 0 aromatic heterocycles. The highest BCUT2D eigenvalue weighted by molar-refractivity contribution is 6.17. The van der Waals surface area contributed by atoms with Gasteiger partial charge in [0.15, 0.2) is 11.6 Å². The monoisotopic (exact) mass is 204 g/mol. The second-order valence-corrected chi connectivity index (χ2v) is 2.70. The summed E-state index contributed by atoms with van der Waals surface area (Å²) in [6, 6.07) is 2.79. The Kier molecular flexibility index (Phi) is 3.37. The van der Waals surface area contributed by atoms with Crippen molar-refractivity contribution in [3.05, 3.63) is 23.5 Å². The predicted octanol–water partition coefficient (Wildman–Crippen LogP) is 2.58. The van der Waals surface area contributed by atoms with Gasteiger partial charge in [0.1, 0.15) is 5.75 Å². The molecule has 0 amide bonds. The molecule has 4 heteroatoms. The molecule has 0 N–H and O–H groups in total. The van der Waals surface area contributed by atoms with E-state index in [0.29, 0.717) is 11.3 Å². The van der Waals surface area contributed by atoms with E-state index in [1.165, 1.54) is 26.4 Å². The van der Waals surface area contributed by atoms with Crippen LogP contribution in [0.5, 0.6) is 11.5 Å². The molecule has 0 bridgehead atoms. The van der Waals surface area contributed by atoms with Gasteiger partial charge in [0.2, 0.25) is 0 Å². The van der Waals surface area contributed by atoms with E-state index in [1.54, 1.807) is 0 Å². The summed E-state index contributed by atoms with van der Waals surface area (Å²) < 4.78 is 22.9. The molecule has 0 saturated carbocycles. The summed E-state index contributed by atoms with van der Waals surface area (Å²) in [6.45, 7) is 0. The van der Waals surface area contributed by atoms with Crippen LogP contribution in [0.2, 0.25) is 0 Å². The van der Waals surface area contributed by atoms with Crippen molar-refractivity contribution in [3.8, 4) is 11.5 Å². The third-order valence-electron chi connectivity index (χ3n) is 1.70. The number of hydrogen-bond donors (Lipinski definition) is 0. The van der Waals surface area contributed by atoms with Crippen LogP contribution in [0.15, 0.2) is 12.1 Å². The Morgan fingerprint density at radius 2 is 1.85 bits per heavy atom. The maximum Gasteiger partial charge on any atom is 0.165 e. The minimum Gasteiger partial charge on any atom is -0.496 e. The Labute approximate surface area is 81.2 Å². The van der Waals surface area contributed by atoms with Crippen molar-refractivity contribution in [3.63, 3.8) is 0 Å². The molecule has 0 heterocycles. The fraction of sp³-hybridized carbons (Fsp3) is 0.333. The molecule has 0 aliphatic carbocycles. The first kappa shape index (κ1) is 10.1. The summed E-state index contributed by atoms with van der Waals surface area (Å²) in [7, 11) is 2.90. The molecule has 0 atom stereocenters. The molecular weight excluding hydrogens is 195 g/mol. The molecule has 2 nitrogen and oxygen atoms in total. The van der Waals surface area contributed by atoms with Gasteiger partial charge in [-0.1, -0.05) is 0 Å². The molecule has 1 aromatic carbocycles. The summed E-state index contributed by atoms with van der Waals surface area (Å²) >= 11 is 5.59. The lowest BCUT2D eigenvalue weighted by molar-refractivity contribution is 0.372. The minimum atomic E-state index is -0.432. The maximum atomic E-state index is 13.1. The second kappa shape index (κ2) is 4.33. The van der Waals surface area contributed by atoms with Crippen LogP contribution < -0.4 is 9.47 Å². The Morgan fingerprint density at radius 3 is 2.31 bits per heavy atom. The minimum absolute atomic E-state index is 0.158. The van der Waals surface area contributed by atoms with Gasteiger partial charge in [-0.15, -0.1) is 11.6 Å². The smallest absolute Gasteiger partial charge is 0.165 e. The molecule has 1 aromatic rings. The maximum absolute atomic E-state index is 13.1. The van der Waals surface area contributed by atoms with E-state index in [9.17, 15) is 4.39 Å². The average molecular weight is 205 g/mol. The second-order valence-electron chi connectivity index (χ2n) is 2.43. The molecule has 13 heavy (non-hydrogen) atoms. The van der Waals surface area contributed by atoms with Crippen LogP contribution in [0.4, 0.5) is 4.39 Å². The van der Waals surface area contributed by atoms with Gasteiger partial charge in [0, 0.05) is 11.6 Å². The molecular formula is C9H10ClFO2. The van der Waals surface area contributed by atoms with Crippen LogP contribution in [0.25, 0.3) is 0 Å². The largest absolute Gasteiger partial charge is 0.496 e. The highest BCUT2D eigenvalue weighted by Crippen LogP contribution is 2.28. The first-order chi connectivity index (χ1) is 6.22. The standard InChI is InChI=1S/C9H10ClFO2/c1-12-8-4-9(13-2)7(11)3-6(8)5-10/h3-4H,5H2,1-2H3. The summed E-state index contributed by atoms with van der Waals surface area (Å²) in [6.07, 6.45) is 0. The van der Waals surface area contributed by atoms with Crippen LogP contribution in [-0.2, 0) is 5.88 Å². The number of rotatable bonds is 3. The molecule has 0 unspecified atom stereocenters. The van der Waals surface area contributed by atoms with Crippen LogP contribution >= 0.6 is 11.6 Å². The van der Waals surface area contributed by atoms with Crippen LogP contribution in [0, 0.1) is 5.82 Å². The van der Waals surface area contributed by atoms with E-state index in [4.69, 9.17) is 21.1 Å². The normalized spacial score (nSPS) is 9.85. The molecule has 0 fully saturated rings. The van der Waals surface area contributed by atoms with Gasteiger partial charge in [0.25, 0.3) is 0 Å². The van der Waals surface area contributed by atoms with E-state index in [2.05, 4.69) is 0 Å². The van der Waals surface area contributed by atoms with Crippen molar-refractivity contribution >= 4 is 11.6 Å². The van der Waals surface area contributed by atoms with E-state index in [1.807, 2.05) is 0 Å².